The molecule has 1 aliphatic carbocycles. The number of hydrogen-bond acceptors (Lipinski definition) is 2. The van der Waals surface area contributed by atoms with Gasteiger partial charge in [0.05, 0.1) is 17.3 Å². The van der Waals surface area contributed by atoms with E-state index in [0.29, 0.717) is 6.04 Å². The monoisotopic (exact) mass is 269 g/mol. The summed E-state index contributed by atoms with van der Waals surface area (Å²) >= 11 is 1.91. The Morgan fingerprint density at radius 2 is 2.12 bits per heavy atom. The fourth-order valence-corrected chi connectivity index (χ4v) is 3.50. The predicted octanol–water partition coefficient (Wildman–Crippen LogP) is 3.51. The van der Waals surface area contributed by atoms with E-state index in [9.17, 15) is 0 Å². The quantitative estimate of drug-likeness (QED) is 0.731. The summed E-state index contributed by atoms with van der Waals surface area (Å²) in [6.45, 7) is 4.45. The second-order valence-corrected chi connectivity index (χ2v) is 5.70. The molecule has 3 rings (SSSR count). The Morgan fingerprint density at radius 1 is 1.35 bits per heavy atom. The fourth-order valence-electron chi connectivity index (χ4n) is 2.30. The van der Waals surface area contributed by atoms with Crippen LogP contribution in [0.15, 0.2) is 10.4 Å². The number of aryl methyl sites for hydroxylation is 1. The standard InChI is InChI=1S/C13H17N2S.ClH/c1-9-7-16-13(10(9)2)12-5-6-14-8-15(12)11-3-4-11;/h6-8,11-12H,3-5H2,1-2H3;1H/q+1;. The molecule has 0 radical (unpaired) electrons. The molecule has 1 saturated carbocycles. The van der Waals surface area contributed by atoms with Gasteiger partial charge in [0.1, 0.15) is 12.3 Å². The third-order valence-electron chi connectivity index (χ3n) is 3.59. The van der Waals surface area contributed by atoms with Crippen molar-refractivity contribution in [3.8, 4) is 0 Å². The molecule has 0 N–H and O–H groups in total. The molecular weight excluding hydrogens is 252 g/mol. The van der Waals surface area contributed by atoms with Crippen molar-refractivity contribution >= 4 is 36.3 Å². The summed E-state index contributed by atoms with van der Waals surface area (Å²) < 4.78 is 2.47. The molecular formula is C13H18ClN2S+. The maximum absolute atomic E-state index is 4.31. The first-order valence-electron chi connectivity index (χ1n) is 5.94. The van der Waals surface area contributed by atoms with Gasteiger partial charge in [-0.1, -0.05) is 4.99 Å². The van der Waals surface area contributed by atoms with Gasteiger partial charge in [-0.15, -0.1) is 23.7 Å². The first-order chi connectivity index (χ1) is 7.77. The van der Waals surface area contributed by atoms with Crippen molar-refractivity contribution in [2.24, 2.45) is 4.99 Å². The lowest BCUT2D eigenvalue weighted by Gasteiger charge is -2.18. The highest BCUT2D eigenvalue weighted by Gasteiger charge is 2.37. The fraction of sp³-hybridized carbons (Fsp3) is 0.538. The summed E-state index contributed by atoms with van der Waals surface area (Å²) in [5.74, 6) is 0. The van der Waals surface area contributed by atoms with Gasteiger partial charge >= 0.3 is 0 Å². The highest BCUT2D eigenvalue weighted by Crippen LogP contribution is 2.37. The molecule has 0 saturated heterocycles. The molecule has 17 heavy (non-hydrogen) atoms. The van der Waals surface area contributed by atoms with E-state index in [2.05, 4.69) is 35.0 Å². The number of aliphatic imine (C=N–C) groups is 1. The summed E-state index contributed by atoms with van der Waals surface area (Å²) in [7, 11) is 0. The van der Waals surface area contributed by atoms with Crippen molar-refractivity contribution in [1.29, 1.82) is 0 Å². The summed E-state index contributed by atoms with van der Waals surface area (Å²) in [6.07, 6.45) is 7.84. The van der Waals surface area contributed by atoms with Crippen LogP contribution in [0.3, 0.4) is 0 Å². The van der Waals surface area contributed by atoms with Crippen LogP contribution < -0.4 is 0 Å². The first kappa shape index (κ1) is 12.8. The van der Waals surface area contributed by atoms with Crippen LogP contribution >= 0.6 is 23.7 Å². The molecule has 0 aromatic carbocycles. The Kier molecular flexibility index (Phi) is 3.69. The Labute approximate surface area is 112 Å². The van der Waals surface area contributed by atoms with Gasteiger partial charge < -0.3 is 0 Å². The highest BCUT2D eigenvalue weighted by molar-refractivity contribution is 7.10. The zero-order valence-corrected chi connectivity index (χ0v) is 11.9. The summed E-state index contributed by atoms with van der Waals surface area (Å²) in [6, 6.07) is 1.30. The van der Waals surface area contributed by atoms with Crippen LogP contribution in [0.1, 0.15) is 41.3 Å². The van der Waals surface area contributed by atoms with Crippen molar-refractivity contribution in [2.45, 2.75) is 45.2 Å². The van der Waals surface area contributed by atoms with E-state index in [1.807, 2.05) is 17.7 Å². The minimum atomic E-state index is 0. The van der Waals surface area contributed by atoms with E-state index < -0.39 is 0 Å². The molecule has 0 amide bonds. The maximum Gasteiger partial charge on any atom is 0.281 e. The van der Waals surface area contributed by atoms with Gasteiger partial charge in [0.15, 0.2) is 0 Å². The van der Waals surface area contributed by atoms with Crippen LogP contribution in [-0.4, -0.2) is 23.2 Å². The summed E-state index contributed by atoms with van der Waals surface area (Å²) in [5.41, 5.74) is 2.91. The van der Waals surface area contributed by atoms with Gasteiger partial charge in [0, 0.05) is 0 Å². The average molecular weight is 270 g/mol. The Bertz CT molecular complexity index is 472. The maximum atomic E-state index is 4.31. The summed E-state index contributed by atoms with van der Waals surface area (Å²) in [4.78, 5) is 5.85. The zero-order valence-electron chi connectivity index (χ0n) is 10.2. The second kappa shape index (κ2) is 4.91. The molecule has 4 heteroatoms. The lowest BCUT2D eigenvalue weighted by Crippen LogP contribution is -2.24. The molecule has 2 heterocycles. The highest BCUT2D eigenvalue weighted by atomic mass is 35.5. The largest absolute Gasteiger partial charge is 0.281 e. The number of nitrogens with zero attached hydrogens (tertiary/aromatic N) is 2. The van der Waals surface area contributed by atoms with Crippen molar-refractivity contribution < 1.29 is 4.58 Å². The van der Waals surface area contributed by atoms with Gasteiger partial charge in [-0.25, -0.2) is 0 Å². The SMILES string of the molecule is Cc1csc(C2CC=NC=[N+]2C2CC2)c1C.Cl. The molecule has 1 fully saturated rings. The third-order valence-corrected chi connectivity index (χ3v) is 4.89. The molecule has 1 atom stereocenters. The van der Waals surface area contributed by atoms with Crippen molar-refractivity contribution in [3.63, 3.8) is 0 Å². The summed E-state index contributed by atoms with van der Waals surface area (Å²) in [5, 5.41) is 2.28. The number of halogens is 1. The number of rotatable bonds is 2. The van der Waals surface area contributed by atoms with Crippen molar-refractivity contribution in [1.82, 2.24) is 0 Å². The molecule has 1 aliphatic heterocycles. The van der Waals surface area contributed by atoms with Crippen LogP contribution in [0.4, 0.5) is 0 Å². The third kappa shape index (κ3) is 2.31. The predicted molar refractivity (Wildman–Crippen MR) is 76.2 cm³/mol. The normalized spacial score (nSPS) is 23.2. The average Bonchev–Trinajstić information content (AvgIpc) is 3.09. The number of thiophene rings is 1. The molecule has 92 valence electrons. The molecule has 1 aromatic rings. The van der Waals surface area contributed by atoms with Crippen LogP contribution in [0.2, 0.25) is 0 Å². The van der Waals surface area contributed by atoms with Gasteiger partial charge in [-0.2, -0.15) is 0 Å². The van der Waals surface area contributed by atoms with Crippen LogP contribution in [-0.2, 0) is 0 Å². The van der Waals surface area contributed by atoms with E-state index >= 15 is 0 Å². The van der Waals surface area contributed by atoms with Crippen molar-refractivity contribution in [3.05, 3.63) is 21.4 Å². The van der Waals surface area contributed by atoms with E-state index in [1.54, 1.807) is 0 Å². The van der Waals surface area contributed by atoms with E-state index in [1.165, 1.54) is 28.8 Å². The smallest absolute Gasteiger partial charge is 0.254 e. The number of hydrogen-bond donors (Lipinski definition) is 0. The van der Waals surface area contributed by atoms with Gasteiger partial charge in [-0.05, 0) is 43.2 Å². The molecule has 1 unspecified atom stereocenters. The van der Waals surface area contributed by atoms with E-state index in [0.717, 1.165) is 12.5 Å². The van der Waals surface area contributed by atoms with Gasteiger partial charge in [0.2, 0.25) is 0 Å². The molecule has 2 aliphatic rings. The molecule has 0 spiro atoms. The topological polar surface area (TPSA) is 15.4 Å². The minimum Gasteiger partial charge on any atom is -0.254 e. The first-order valence-corrected chi connectivity index (χ1v) is 6.82. The van der Waals surface area contributed by atoms with Gasteiger partial charge in [-0.3, -0.25) is 4.58 Å². The molecule has 0 bridgehead atoms. The van der Waals surface area contributed by atoms with E-state index in [-0.39, 0.29) is 12.4 Å². The van der Waals surface area contributed by atoms with Crippen LogP contribution in [0, 0.1) is 13.8 Å². The van der Waals surface area contributed by atoms with Gasteiger partial charge in [0.25, 0.3) is 6.34 Å². The molecule has 1 aromatic heterocycles. The lowest BCUT2D eigenvalue weighted by atomic mass is 10.1. The van der Waals surface area contributed by atoms with Crippen LogP contribution in [0.5, 0.6) is 0 Å². The van der Waals surface area contributed by atoms with E-state index in [4.69, 9.17) is 0 Å². The van der Waals surface area contributed by atoms with Crippen molar-refractivity contribution in [2.75, 3.05) is 0 Å². The zero-order chi connectivity index (χ0) is 11.1. The Balaban J connectivity index is 0.00000108. The Morgan fingerprint density at radius 3 is 2.71 bits per heavy atom. The molecule has 2 nitrogen and oxygen atoms in total. The minimum absolute atomic E-state index is 0. The lowest BCUT2D eigenvalue weighted by molar-refractivity contribution is -0.581. The van der Waals surface area contributed by atoms with Crippen LogP contribution in [0.25, 0.3) is 0 Å². The second-order valence-electron chi connectivity index (χ2n) is 4.78. The Hall–Kier alpha value is -0.670.